The molecule has 0 N–H and O–H groups in total. The summed E-state index contributed by atoms with van der Waals surface area (Å²) in [6.45, 7) is 0. The lowest BCUT2D eigenvalue weighted by atomic mass is 10.2. The number of ether oxygens (including phenoxy) is 1. The average molecular weight is 317 g/mol. The SMILES string of the molecule is FC(F)(F)c1ccc(Oc2cc(Br)[c]cn2)cc1. The van der Waals surface area contributed by atoms with Crippen molar-refractivity contribution >= 4 is 15.9 Å². The second-order valence-corrected chi connectivity index (χ2v) is 4.21. The molecule has 0 aliphatic rings. The fourth-order valence-electron chi connectivity index (χ4n) is 1.23. The van der Waals surface area contributed by atoms with Crippen molar-refractivity contribution in [3.05, 3.63) is 52.6 Å². The summed E-state index contributed by atoms with van der Waals surface area (Å²) in [7, 11) is 0. The summed E-state index contributed by atoms with van der Waals surface area (Å²) in [5.41, 5.74) is -0.717. The van der Waals surface area contributed by atoms with Crippen molar-refractivity contribution in [2.75, 3.05) is 0 Å². The molecule has 0 saturated heterocycles. The first-order chi connectivity index (χ1) is 8.45. The third-order valence-electron chi connectivity index (χ3n) is 2.05. The van der Waals surface area contributed by atoms with E-state index in [-0.39, 0.29) is 11.6 Å². The van der Waals surface area contributed by atoms with Gasteiger partial charge in [0.1, 0.15) is 5.75 Å². The van der Waals surface area contributed by atoms with E-state index < -0.39 is 11.7 Å². The average Bonchev–Trinajstić information content (AvgIpc) is 2.28. The van der Waals surface area contributed by atoms with Gasteiger partial charge < -0.3 is 4.74 Å². The number of pyridine rings is 1. The predicted molar refractivity (Wildman–Crippen MR) is 62.3 cm³/mol. The summed E-state index contributed by atoms with van der Waals surface area (Å²) in [6.07, 6.45) is -2.94. The second-order valence-electron chi connectivity index (χ2n) is 3.36. The Hall–Kier alpha value is -1.56. The molecular weight excluding hydrogens is 311 g/mol. The van der Waals surface area contributed by atoms with Crippen molar-refractivity contribution in [2.45, 2.75) is 6.18 Å². The van der Waals surface area contributed by atoms with Gasteiger partial charge in [-0.2, -0.15) is 13.2 Å². The maximum atomic E-state index is 12.3. The highest BCUT2D eigenvalue weighted by Crippen LogP contribution is 2.31. The summed E-state index contributed by atoms with van der Waals surface area (Å²) in [5.74, 6) is 0.564. The van der Waals surface area contributed by atoms with E-state index in [1.165, 1.54) is 18.3 Å². The first-order valence-corrected chi connectivity index (χ1v) is 5.63. The van der Waals surface area contributed by atoms with E-state index in [9.17, 15) is 13.2 Å². The van der Waals surface area contributed by atoms with Crippen LogP contribution < -0.4 is 4.74 Å². The summed E-state index contributed by atoms with van der Waals surface area (Å²) in [4.78, 5) is 3.88. The standard InChI is InChI=1S/C12H6BrF3NO/c13-9-5-6-17-11(7-9)18-10-3-1-8(2-4-10)12(14,15)16/h1-4,6-7H. The van der Waals surface area contributed by atoms with Crippen molar-refractivity contribution in [1.82, 2.24) is 4.98 Å². The Morgan fingerprint density at radius 2 is 1.83 bits per heavy atom. The van der Waals surface area contributed by atoms with Crippen LogP contribution in [0.15, 0.2) is 41.0 Å². The Morgan fingerprint density at radius 3 is 2.39 bits per heavy atom. The number of halogens is 4. The Bertz CT molecular complexity index is 540. The predicted octanol–water partition coefficient (Wildman–Crippen LogP) is 4.46. The Kier molecular flexibility index (Phi) is 3.56. The smallest absolute Gasteiger partial charge is 0.416 e. The zero-order valence-electron chi connectivity index (χ0n) is 8.83. The number of benzene rings is 1. The van der Waals surface area contributed by atoms with Crippen LogP contribution in [0.25, 0.3) is 0 Å². The molecule has 93 valence electrons. The molecule has 1 radical (unpaired) electrons. The van der Waals surface area contributed by atoms with Crippen LogP contribution in [-0.2, 0) is 6.18 Å². The highest BCUT2D eigenvalue weighted by atomic mass is 79.9. The van der Waals surface area contributed by atoms with Crippen LogP contribution in [0.5, 0.6) is 11.6 Å². The minimum absolute atomic E-state index is 0.278. The van der Waals surface area contributed by atoms with Crippen LogP contribution in [-0.4, -0.2) is 4.98 Å². The van der Waals surface area contributed by atoms with Crippen LogP contribution in [0, 0.1) is 6.07 Å². The van der Waals surface area contributed by atoms with Gasteiger partial charge >= 0.3 is 6.18 Å². The first-order valence-electron chi connectivity index (χ1n) is 4.83. The van der Waals surface area contributed by atoms with Crippen molar-refractivity contribution in [3.63, 3.8) is 0 Å². The molecule has 2 rings (SSSR count). The van der Waals surface area contributed by atoms with Crippen molar-refractivity contribution in [3.8, 4) is 11.6 Å². The summed E-state index contributed by atoms with van der Waals surface area (Å²) >= 11 is 3.19. The molecule has 2 nitrogen and oxygen atoms in total. The monoisotopic (exact) mass is 316 g/mol. The third kappa shape index (κ3) is 3.22. The lowest BCUT2D eigenvalue weighted by Gasteiger charge is -2.08. The first kappa shape index (κ1) is 12.9. The van der Waals surface area contributed by atoms with E-state index in [1.807, 2.05) is 0 Å². The number of hydrogen-bond acceptors (Lipinski definition) is 2. The molecule has 0 spiro atoms. The fourth-order valence-corrected chi connectivity index (χ4v) is 1.53. The topological polar surface area (TPSA) is 22.1 Å². The van der Waals surface area contributed by atoms with Crippen molar-refractivity contribution in [1.29, 1.82) is 0 Å². The van der Waals surface area contributed by atoms with E-state index >= 15 is 0 Å². The maximum absolute atomic E-state index is 12.3. The van der Waals surface area contributed by atoms with Gasteiger partial charge in [0.2, 0.25) is 5.88 Å². The number of hydrogen-bond donors (Lipinski definition) is 0. The van der Waals surface area contributed by atoms with Gasteiger partial charge in [-0.15, -0.1) is 0 Å². The molecule has 0 aliphatic carbocycles. The number of nitrogens with zero attached hydrogens (tertiary/aromatic N) is 1. The Labute approximate surface area is 110 Å². The van der Waals surface area contributed by atoms with Gasteiger partial charge in [-0.3, -0.25) is 0 Å². The summed E-state index contributed by atoms with van der Waals surface area (Å²) < 4.78 is 43.0. The molecule has 18 heavy (non-hydrogen) atoms. The molecule has 0 fully saturated rings. The third-order valence-corrected chi connectivity index (χ3v) is 2.51. The van der Waals surface area contributed by atoms with Gasteiger partial charge in [-0.1, -0.05) is 0 Å². The lowest BCUT2D eigenvalue weighted by molar-refractivity contribution is -0.137. The van der Waals surface area contributed by atoms with Crippen molar-refractivity contribution in [2.24, 2.45) is 0 Å². The largest absolute Gasteiger partial charge is 0.439 e. The number of aromatic nitrogens is 1. The minimum atomic E-state index is -4.35. The van der Waals surface area contributed by atoms with Crippen LogP contribution >= 0.6 is 15.9 Å². The molecule has 0 bridgehead atoms. The molecular formula is C12H6BrF3NO. The van der Waals surface area contributed by atoms with Gasteiger partial charge in [0.05, 0.1) is 5.56 Å². The number of alkyl halides is 3. The van der Waals surface area contributed by atoms with E-state index in [4.69, 9.17) is 4.74 Å². The molecule has 0 atom stereocenters. The minimum Gasteiger partial charge on any atom is -0.439 e. The zero-order valence-corrected chi connectivity index (χ0v) is 10.4. The highest BCUT2D eigenvalue weighted by molar-refractivity contribution is 9.10. The van der Waals surface area contributed by atoms with Crippen LogP contribution in [0.2, 0.25) is 0 Å². The Morgan fingerprint density at radius 1 is 1.17 bits per heavy atom. The van der Waals surface area contributed by atoms with Gasteiger partial charge in [0.15, 0.2) is 0 Å². The molecule has 0 saturated carbocycles. The second kappa shape index (κ2) is 4.97. The molecule has 2 aromatic rings. The molecule has 6 heteroatoms. The molecule has 1 aromatic heterocycles. The van der Waals surface area contributed by atoms with Crippen LogP contribution in [0.4, 0.5) is 13.2 Å². The quantitative estimate of drug-likeness (QED) is 0.816. The normalized spacial score (nSPS) is 11.3. The van der Waals surface area contributed by atoms with Crippen LogP contribution in [0.3, 0.4) is 0 Å². The highest BCUT2D eigenvalue weighted by Gasteiger charge is 2.30. The molecule has 0 unspecified atom stereocenters. The van der Waals surface area contributed by atoms with E-state index in [1.54, 1.807) is 6.07 Å². The lowest BCUT2D eigenvalue weighted by Crippen LogP contribution is -2.04. The fraction of sp³-hybridized carbons (Fsp3) is 0.0833. The van der Waals surface area contributed by atoms with E-state index in [2.05, 4.69) is 27.0 Å². The molecule has 0 amide bonds. The maximum Gasteiger partial charge on any atom is 0.416 e. The van der Waals surface area contributed by atoms with Crippen LogP contribution in [0.1, 0.15) is 5.56 Å². The van der Waals surface area contributed by atoms with Crippen molar-refractivity contribution < 1.29 is 17.9 Å². The molecule has 1 aromatic carbocycles. The van der Waals surface area contributed by atoms with Gasteiger partial charge in [0.25, 0.3) is 0 Å². The van der Waals surface area contributed by atoms with Gasteiger partial charge in [-0.25, -0.2) is 4.98 Å². The Balaban J connectivity index is 2.16. The zero-order chi connectivity index (χ0) is 13.2. The van der Waals surface area contributed by atoms with E-state index in [0.29, 0.717) is 4.47 Å². The molecule has 1 heterocycles. The number of rotatable bonds is 2. The summed E-state index contributed by atoms with van der Waals surface area (Å²) in [6, 6.07) is 8.74. The van der Waals surface area contributed by atoms with Gasteiger partial charge in [0, 0.05) is 22.8 Å². The molecule has 0 aliphatic heterocycles. The van der Waals surface area contributed by atoms with E-state index in [0.717, 1.165) is 12.1 Å². The summed E-state index contributed by atoms with van der Waals surface area (Å²) in [5, 5.41) is 0. The van der Waals surface area contributed by atoms with Gasteiger partial charge in [-0.05, 0) is 40.2 Å².